The van der Waals surface area contributed by atoms with E-state index in [2.05, 4.69) is 20.3 Å². The van der Waals surface area contributed by atoms with Gasteiger partial charge in [-0.1, -0.05) is 0 Å². The van der Waals surface area contributed by atoms with Crippen LogP contribution in [0.4, 0.5) is 4.39 Å². The number of aryl methyl sites for hydroxylation is 1. The van der Waals surface area contributed by atoms with Gasteiger partial charge in [-0.15, -0.1) is 11.3 Å². The van der Waals surface area contributed by atoms with Gasteiger partial charge in [-0.25, -0.2) is 14.1 Å². The Morgan fingerprint density at radius 1 is 1.55 bits per heavy atom. The van der Waals surface area contributed by atoms with Crippen LogP contribution in [0.5, 0.6) is 0 Å². The highest BCUT2D eigenvalue weighted by Crippen LogP contribution is 2.31. The molecule has 0 spiro atoms. The van der Waals surface area contributed by atoms with E-state index in [9.17, 15) is 9.18 Å². The molecule has 0 unspecified atom stereocenters. The van der Waals surface area contributed by atoms with Gasteiger partial charge in [0.15, 0.2) is 11.5 Å². The summed E-state index contributed by atoms with van der Waals surface area (Å²) in [5.41, 5.74) is 6.02. The number of aromatic nitrogens is 6. The van der Waals surface area contributed by atoms with Crippen LogP contribution >= 0.6 is 11.3 Å². The molecule has 0 amide bonds. The lowest BCUT2D eigenvalue weighted by Crippen LogP contribution is -2.28. The molecule has 29 heavy (non-hydrogen) atoms. The summed E-state index contributed by atoms with van der Waals surface area (Å²) in [6.07, 6.45) is 3.97. The van der Waals surface area contributed by atoms with E-state index in [1.165, 1.54) is 23.7 Å². The molecular formula is C17H14FN9OS. The SMILES string of the molecule is Cn1c2nc(Cc3n[nH]cc3F)sc2c2cnn(CC(=N)/C(C#N)=C\N)c(=O)c21. The summed E-state index contributed by atoms with van der Waals surface area (Å²) < 4.78 is 17.2. The van der Waals surface area contributed by atoms with Crippen molar-refractivity contribution in [2.24, 2.45) is 12.8 Å². The normalized spacial score (nSPS) is 12.0. The van der Waals surface area contributed by atoms with Crippen molar-refractivity contribution in [3.63, 3.8) is 0 Å². The lowest BCUT2D eigenvalue weighted by atomic mass is 10.2. The number of allylic oxidation sites excluding steroid dienone is 1. The van der Waals surface area contributed by atoms with E-state index in [0.717, 1.165) is 15.6 Å². The fourth-order valence-electron chi connectivity index (χ4n) is 3.03. The minimum Gasteiger partial charge on any atom is -0.403 e. The van der Waals surface area contributed by atoms with Gasteiger partial charge in [0.2, 0.25) is 0 Å². The van der Waals surface area contributed by atoms with Crippen molar-refractivity contribution in [3.05, 3.63) is 51.0 Å². The molecule has 10 nitrogen and oxygen atoms in total. The second kappa shape index (κ2) is 6.95. The van der Waals surface area contributed by atoms with Gasteiger partial charge in [0.1, 0.15) is 22.3 Å². The van der Waals surface area contributed by atoms with Crippen LogP contribution in [0.2, 0.25) is 0 Å². The largest absolute Gasteiger partial charge is 0.403 e. The molecule has 0 saturated carbocycles. The molecule has 0 aliphatic heterocycles. The number of H-pyrrole nitrogens is 1. The van der Waals surface area contributed by atoms with Gasteiger partial charge >= 0.3 is 0 Å². The van der Waals surface area contributed by atoms with Gasteiger partial charge in [-0.2, -0.15) is 15.5 Å². The standard InChI is InChI=1S/C17H14FN9OS/c1-26-14-9(5-23-27(17(14)28)7-11(21)8(3-19)4-20)15-16(26)24-13(29-15)2-12-10(18)6-22-25-12/h3,5-6,21H,2,7,19H2,1H3,(H,22,25)/b8-3-,21-11?. The molecule has 4 aromatic rings. The van der Waals surface area contributed by atoms with Crippen LogP contribution in [-0.4, -0.2) is 35.2 Å². The van der Waals surface area contributed by atoms with Crippen LogP contribution in [0.1, 0.15) is 10.7 Å². The quantitative estimate of drug-likeness (QED) is 0.331. The molecule has 0 saturated heterocycles. The minimum atomic E-state index is -0.426. The lowest BCUT2D eigenvalue weighted by Gasteiger charge is -2.06. The Hall–Kier alpha value is -3.85. The van der Waals surface area contributed by atoms with E-state index >= 15 is 0 Å². The summed E-state index contributed by atoms with van der Waals surface area (Å²) in [7, 11) is 1.71. The number of aromatic amines is 1. The maximum absolute atomic E-state index is 13.6. The van der Waals surface area contributed by atoms with Crippen LogP contribution < -0.4 is 11.3 Å². The molecule has 0 aliphatic carbocycles. The number of rotatable bonds is 5. The second-order valence-corrected chi connectivity index (χ2v) is 7.30. The molecule has 4 rings (SSSR count). The van der Waals surface area contributed by atoms with E-state index in [1.807, 2.05) is 0 Å². The zero-order chi connectivity index (χ0) is 20.7. The highest BCUT2D eigenvalue weighted by atomic mass is 32.1. The van der Waals surface area contributed by atoms with Gasteiger partial charge in [0, 0.05) is 25.1 Å². The number of nitrogens with zero attached hydrogens (tertiary/aromatic N) is 6. The van der Waals surface area contributed by atoms with Gasteiger partial charge < -0.3 is 15.7 Å². The van der Waals surface area contributed by atoms with Crippen LogP contribution in [0, 0.1) is 22.6 Å². The molecule has 0 fully saturated rings. The van der Waals surface area contributed by atoms with Gasteiger partial charge in [0.05, 0.1) is 34.9 Å². The zero-order valence-corrected chi connectivity index (χ0v) is 15.9. The monoisotopic (exact) mass is 411 g/mol. The number of hydrogen-bond acceptors (Lipinski definition) is 8. The second-order valence-electron chi connectivity index (χ2n) is 6.22. The number of thiazole rings is 1. The highest BCUT2D eigenvalue weighted by Gasteiger charge is 2.20. The molecule has 4 N–H and O–H groups in total. The molecule has 4 aromatic heterocycles. The van der Waals surface area contributed by atoms with E-state index < -0.39 is 11.4 Å². The van der Waals surface area contributed by atoms with Gasteiger partial charge in [-0.3, -0.25) is 9.89 Å². The zero-order valence-electron chi connectivity index (χ0n) is 15.1. The Balaban J connectivity index is 1.76. The average Bonchev–Trinajstić information content (AvgIpc) is 3.36. The van der Waals surface area contributed by atoms with Crippen molar-refractivity contribution in [1.82, 2.24) is 29.5 Å². The first-order valence-corrected chi connectivity index (χ1v) is 9.18. The van der Waals surface area contributed by atoms with Crippen molar-refractivity contribution >= 4 is 38.3 Å². The van der Waals surface area contributed by atoms with Crippen LogP contribution in [0.25, 0.3) is 21.3 Å². The summed E-state index contributed by atoms with van der Waals surface area (Å²) in [4.78, 5) is 17.4. The van der Waals surface area contributed by atoms with Crippen molar-refractivity contribution in [2.45, 2.75) is 13.0 Å². The van der Waals surface area contributed by atoms with E-state index in [0.29, 0.717) is 21.6 Å². The third-order valence-electron chi connectivity index (χ3n) is 4.47. The third-order valence-corrected chi connectivity index (χ3v) is 5.55. The number of nitrogens with one attached hydrogen (secondary N) is 2. The van der Waals surface area contributed by atoms with Gasteiger partial charge in [-0.05, 0) is 0 Å². The number of nitrogens with two attached hydrogens (primary N) is 1. The molecule has 12 heteroatoms. The third kappa shape index (κ3) is 2.97. The average molecular weight is 411 g/mol. The Morgan fingerprint density at radius 3 is 3.00 bits per heavy atom. The fourth-order valence-corrected chi connectivity index (χ4v) is 4.14. The summed E-state index contributed by atoms with van der Waals surface area (Å²) in [6, 6.07) is 1.81. The Labute approximate surface area is 166 Å². The first-order chi connectivity index (χ1) is 13.9. The van der Waals surface area contributed by atoms with E-state index in [1.54, 1.807) is 17.7 Å². The Bertz CT molecular complexity index is 1400. The lowest BCUT2D eigenvalue weighted by molar-refractivity contribution is 0.614. The highest BCUT2D eigenvalue weighted by molar-refractivity contribution is 7.19. The molecule has 0 aromatic carbocycles. The summed E-state index contributed by atoms with van der Waals surface area (Å²) in [5.74, 6) is -0.426. The van der Waals surface area contributed by atoms with E-state index in [4.69, 9.17) is 16.4 Å². The maximum atomic E-state index is 13.6. The molecule has 0 aliphatic rings. The molecule has 0 bridgehead atoms. The predicted molar refractivity (Wildman–Crippen MR) is 105 cm³/mol. The summed E-state index contributed by atoms with van der Waals surface area (Å²) in [5, 5.41) is 28.7. The van der Waals surface area contributed by atoms with Crippen molar-refractivity contribution in [3.8, 4) is 6.07 Å². The topological polar surface area (TPSA) is 155 Å². The van der Waals surface area contributed by atoms with Crippen molar-refractivity contribution in [1.29, 1.82) is 10.7 Å². The summed E-state index contributed by atoms with van der Waals surface area (Å²) in [6.45, 7) is -0.179. The fraction of sp³-hybridized carbons (Fsp3) is 0.176. The Morgan fingerprint density at radius 2 is 2.34 bits per heavy atom. The summed E-state index contributed by atoms with van der Waals surface area (Å²) >= 11 is 1.34. The van der Waals surface area contributed by atoms with Crippen LogP contribution in [0.15, 0.2) is 29.0 Å². The van der Waals surface area contributed by atoms with E-state index in [-0.39, 0.29) is 29.9 Å². The molecular weight excluding hydrogens is 397 g/mol. The van der Waals surface area contributed by atoms with Crippen molar-refractivity contribution in [2.75, 3.05) is 0 Å². The number of nitriles is 1. The first kappa shape index (κ1) is 18.5. The Kier molecular flexibility index (Phi) is 4.44. The molecule has 0 radical (unpaired) electrons. The number of hydrogen-bond donors (Lipinski definition) is 3. The molecule has 4 heterocycles. The first-order valence-electron chi connectivity index (χ1n) is 8.36. The van der Waals surface area contributed by atoms with Crippen LogP contribution in [0.3, 0.4) is 0 Å². The van der Waals surface area contributed by atoms with Gasteiger partial charge in [0.25, 0.3) is 5.56 Å². The predicted octanol–water partition coefficient (Wildman–Crippen LogP) is 1.18. The van der Waals surface area contributed by atoms with Crippen LogP contribution in [-0.2, 0) is 20.0 Å². The smallest absolute Gasteiger partial charge is 0.291 e. The maximum Gasteiger partial charge on any atom is 0.291 e. The molecule has 146 valence electrons. The number of halogens is 1. The molecule has 0 atom stereocenters. The van der Waals surface area contributed by atoms with Crippen molar-refractivity contribution < 1.29 is 4.39 Å². The minimum absolute atomic E-state index is 0.0245. The number of fused-ring (bicyclic) bond motifs is 3.